The van der Waals surface area contributed by atoms with Gasteiger partial charge in [-0.1, -0.05) is 47.4 Å². The highest BCUT2D eigenvalue weighted by molar-refractivity contribution is 8.01. The molecule has 27 heavy (non-hydrogen) atoms. The molecule has 1 heterocycles. The Balaban J connectivity index is 1.40. The molecule has 0 saturated heterocycles. The first-order valence-corrected chi connectivity index (χ1v) is 11.0. The van der Waals surface area contributed by atoms with Crippen LogP contribution in [0.1, 0.15) is 23.1 Å². The molecule has 0 radical (unpaired) electrons. The van der Waals surface area contributed by atoms with Gasteiger partial charge in [0, 0.05) is 5.69 Å². The van der Waals surface area contributed by atoms with Crippen LogP contribution in [0.5, 0.6) is 0 Å². The summed E-state index contributed by atoms with van der Waals surface area (Å²) in [5.74, 6) is 0.286. The second-order valence-corrected chi connectivity index (χ2v) is 9.35. The predicted molar refractivity (Wildman–Crippen MR) is 115 cm³/mol. The number of hydrogen-bond donors (Lipinski definition) is 1. The molecule has 0 atom stereocenters. The summed E-state index contributed by atoms with van der Waals surface area (Å²) in [7, 11) is 0. The van der Waals surface area contributed by atoms with E-state index in [-0.39, 0.29) is 5.91 Å². The summed E-state index contributed by atoms with van der Waals surface area (Å²) in [4.78, 5) is 12.3. The topological polar surface area (TPSA) is 46.9 Å². The van der Waals surface area contributed by atoms with Crippen LogP contribution >= 0.6 is 35.3 Å². The van der Waals surface area contributed by atoms with Crippen molar-refractivity contribution in [3.63, 3.8) is 0 Å². The van der Waals surface area contributed by atoms with Gasteiger partial charge in [0.05, 0.1) is 11.4 Å². The second-order valence-electron chi connectivity index (χ2n) is 6.51. The number of nitrogens with one attached hydrogen (secondary N) is 1. The van der Waals surface area contributed by atoms with E-state index < -0.39 is 0 Å². The number of aryl methyl sites for hydroxylation is 3. The third kappa shape index (κ3) is 4.15. The summed E-state index contributed by atoms with van der Waals surface area (Å²) >= 11 is 8.30. The van der Waals surface area contributed by atoms with Gasteiger partial charge in [-0.25, -0.2) is 4.68 Å². The summed E-state index contributed by atoms with van der Waals surface area (Å²) in [5, 5.41) is 7.57. The SMILES string of the molecule is Cc1ccccc1-n1nc(SCC(=O)Nc2ccc3c(c2)CCC3)sc1=S. The number of nitrogens with zero attached hydrogens (tertiary/aromatic N) is 2. The fourth-order valence-electron chi connectivity index (χ4n) is 3.25. The fourth-order valence-corrected chi connectivity index (χ4v) is 5.39. The lowest BCUT2D eigenvalue weighted by Crippen LogP contribution is -2.14. The van der Waals surface area contributed by atoms with Crippen molar-refractivity contribution in [1.29, 1.82) is 0 Å². The van der Waals surface area contributed by atoms with Gasteiger partial charge in [0.1, 0.15) is 0 Å². The summed E-state index contributed by atoms with van der Waals surface area (Å²) in [6, 6.07) is 14.2. The van der Waals surface area contributed by atoms with Crippen molar-refractivity contribution in [2.24, 2.45) is 0 Å². The van der Waals surface area contributed by atoms with Crippen LogP contribution in [0.2, 0.25) is 0 Å². The zero-order valence-corrected chi connectivity index (χ0v) is 17.3. The quantitative estimate of drug-likeness (QED) is 0.462. The van der Waals surface area contributed by atoms with Gasteiger partial charge in [-0.2, -0.15) is 0 Å². The van der Waals surface area contributed by atoms with Crippen LogP contribution in [0.3, 0.4) is 0 Å². The Kier molecular flexibility index (Phi) is 5.43. The lowest BCUT2D eigenvalue weighted by molar-refractivity contribution is -0.113. The van der Waals surface area contributed by atoms with Crippen molar-refractivity contribution in [2.75, 3.05) is 11.1 Å². The van der Waals surface area contributed by atoms with Crippen LogP contribution in [0.4, 0.5) is 5.69 Å². The molecule has 1 N–H and O–H groups in total. The van der Waals surface area contributed by atoms with Gasteiger partial charge >= 0.3 is 0 Å². The van der Waals surface area contributed by atoms with Crippen molar-refractivity contribution in [3.8, 4) is 5.69 Å². The average Bonchev–Trinajstić information content (AvgIpc) is 3.26. The van der Waals surface area contributed by atoms with E-state index in [0.29, 0.717) is 9.71 Å². The maximum absolute atomic E-state index is 12.3. The molecule has 0 aliphatic heterocycles. The number of rotatable bonds is 5. The molecule has 1 aromatic heterocycles. The molecular formula is C20H19N3OS3. The van der Waals surface area contributed by atoms with Crippen LogP contribution in [0.15, 0.2) is 46.8 Å². The number of anilines is 1. The Hall–Kier alpha value is -1.96. The highest BCUT2D eigenvalue weighted by atomic mass is 32.2. The largest absolute Gasteiger partial charge is 0.325 e. The fraction of sp³-hybridized carbons (Fsp3) is 0.250. The lowest BCUT2D eigenvalue weighted by atomic mass is 10.1. The summed E-state index contributed by atoms with van der Waals surface area (Å²) in [6.07, 6.45) is 3.46. The third-order valence-corrected chi connectivity index (χ3v) is 6.95. The van der Waals surface area contributed by atoms with Gasteiger partial charge in [-0.05, 0) is 73.3 Å². The maximum atomic E-state index is 12.3. The molecular weight excluding hydrogens is 394 g/mol. The van der Waals surface area contributed by atoms with Crippen LogP contribution in [-0.4, -0.2) is 21.4 Å². The number of thioether (sulfide) groups is 1. The minimum atomic E-state index is -0.0264. The van der Waals surface area contributed by atoms with E-state index in [4.69, 9.17) is 12.2 Å². The van der Waals surface area contributed by atoms with Gasteiger partial charge in [-0.15, -0.1) is 5.10 Å². The van der Waals surface area contributed by atoms with E-state index in [0.717, 1.165) is 34.1 Å². The zero-order chi connectivity index (χ0) is 18.8. The zero-order valence-electron chi connectivity index (χ0n) is 14.9. The molecule has 1 aliphatic carbocycles. The Morgan fingerprint density at radius 1 is 1.26 bits per heavy atom. The van der Waals surface area contributed by atoms with Crippen LogP contribution in [0, 0.1) is 10.9 Å². The Bertz CT molecular complexity index is 1050. The molecule has 4 rings (SSSR count). The first-order valence-electron chi connectivity index (χ1n) is 8.81. The molecule has 1 amide bonds. The number of benzene rings is 2. The number of aromatic nitrogens is 2. The number of fused-ring (bicyclic) bond motifs is 1. The van der Waals surface area contributed by atoms with Gasteiger partial charge in [0.25, 0.3) is 0 Å². The molecule has 0 unspecified atom stereocenters. The van der Waals surface area contributed by atoms with E-state index in [1.54, 1.807) is 4.68 Å². The number of para-hydroxylation sites is 1. The van der Waals surface area contributed by atoms with Crippen LogP contribution in [-0.2, 0) is 17.6 Å². The van der Waals surface area contributed by atoms with Gasteiger partial charge in [0.15, 0.2) is 8.29 Å². The summed E-state index contributed by atoms with van der Waals surface area (Å²) in [5.41, 5.74) is 5.73. The molecule has 3 aromatic rings. The number of amides is 1. The first kappa shape index (κ1) is 18.4. The molecule has 4 nitrogen and oxygen atoms in total. The van der Waals surface area contributed by atoms with Gasteiger partial charge in [-0.3, -0.25) is 4.79 Å². The minimum absolute atomic E-state index is 0.0264. The van der Waals surface area contributed by atoms with E-state index in [1.165, 1.54) is 40.6 Å². The van der Waals surface area contributed by atoms with Crippen LogP contribution < -0.4 is 5.32 Å². The third-order valence-electron chi connectivity index (χ3n) is 4.58. The van der Waals surface area contributed by atoms with E-state index in [2.05, 4.69) is 22.5 Å². The number of hydrogen-bond acceptors (Lipinski definition) is 5. The molecule has 0 fully saturated rings. The van der Waals surface area contributed by atoms with Gasteiger partial charge < -0.3 is 5.32 Å². The Labute approximate surface area is 171 Å². The maximum Gasteiger partial charge on any atom is 0.234 e. The molecule has 0 spiro atoms. The highest BCUT2D eigenvalue weighted by Gasteiger charge is 2.13. The second kappa shape index (κ2) is 7.96. The Morgan fingerprint density at radius 3 is 2.93 bits per heavy atom. The standard InChI is InChI=1S/C20H19N3OS3/c1-13-5-2-3-8-17(13)23-20(25)27-19(22-23)26-12-18(24)21-16-10-9-14-6-4-7-15(14)11-16/h2-3,5,8-11H,4,6-7,12H2,1H3,(H,21,24). The van der Waals surface area contributed by atoms with E-state index in [1.807, 2.05) is 37.3 Å². The molecule has 7 heteroatoms. The van der Waals surface area contributed by atoms with E-state index >= 15 is 0 Å². The van der Waals surface area contributed by atoms with Crippen molar-refractivity contribution < 1.29 is 4.79 Å². The monoisotopic (exact) mass is 413 g/mol. The van der Waals surface area contributed by atoms with Crippen molar-refractivity contribution in [3.05, 3.63) is 63.1 Å². The lowest BCUT2D eigenvalue weighted by Gasteiger charge is -2.07. The smallest absolute Gasteiger partial charge is 0.234 e. The van der Waals surface area contributed by atoms with Crippen molar-refractivity contribution >= 4 is 46.9 Å². The molecule has 0 bridgehead atoms. The summed E-state index contributed by atoms with van der Waals surface area (Å²) < 4.78 is 3.26. The van der Waals surface area contributed by atoms with Crippen molar-refractivity contribution in [1.82, 2.24) is 9.78 Å². The summed E-state index contributed by atoms with van der Waals surface area (Å²) in [6.45, 7) is 2.04. The highest BCUT2D eigenvalue weighted by Crippen LogP contribution is 2.27. The first-order chi connectivity index (χ1) is 13.1. The Morgan fingerprint density at radius 2 is 2.07 bits per heavy atom. The van der Waals surface area contributed by atoms with Crippen molar-refractivity contribution in [2.45, 2.75) is 30.5 Å². The molecule has 138 valence electrons. The molecule has 2 aromatic carbocycles. The normalized spacial score (nSPS) is 12.8. The van der Waals surface area contributed by atoms with Crippen LogP contribution in [0.25, 0.3) is 5.69 Å². The molecule has 0 saturated carbocycles. The molecule has 1 aliphatic rings. The predicted octanol–water partition coefficient (Wildman–Crippen LogP) is 5.19. The number of carbonyl (C=O) groups is 1. The average molecular weight is 414 g/mol. The van der Waals surface area contributed by atoms with Gasteiger partial charge in [0.2, 0.25) is 5.91 Å². The minimum Gasteiger partial charge on any atom is -0.325 e. The number of carbonyl (C=O) groups excluding carboxylic acids is 1. The van der Waals surface area contributed by atoms with E-state index in [9.17, 15) is 4.79 Å².